The van der Waals surface area contributed by atoms with Gasteiger partial charge in [-0.05, 0) is 54.4 Å². The number of halogens is 1. The van der Waals surface area contributed by atoms with Gasteiger partial charge in [-0.2, -0.15) is 0 Å². The average Bonchev–Trinajstić information content (AvgIpc) is 3.06. The van der Waals surface area contributed by atoms with Crippen LogP contribution in [0.2, 0.25) is 0 Å². The number of tetrazole rings is 1. The zero-order valence-corrected chi connectivity index (χ0v) is 15.8. The van der Waals surface area contributed by atoms with E-state index in [0.29, 0.717) is 12.2 Å². The Bertz CT molecular complexity index is 717. The summed E-state index contributed by atoms with van der Waals surface area (Å²) in [5.41, 5.74) is 0.996. The highest BCUT2D eigenvalue weighted by molar-refractivity contribution is 5.85. The van der Waals surface area contributed by atoms with E-state index in [9.17, 15) is 4.79 Å². The van der Waals surface area contributed by atoms with Crippen molar-refractivity contribution in [1.82, 2.24) is 30.8 Å². The van der Waals surface area contributed by atoms with E-state index in [0.717, 1.165) is 37.2 Å². The quantitative estimate of drug-likeness (QED) is 0.778. The first-order valence-electron chi connectivity index (χ1n) is 8.56. The Morgan fingerprint density at radius 1 is 1.50 bits per heavy atom. The Hall–Kier alpha value is -2.19. The second-order valence-corrected chi connectivity index (χ2v) is 6.29. The van der Waals surface area contributed by atoms with E-state index in [2.05, 4.69) is 26.2 Å². The molecule has 1 aromatic carbocycles. The predicted molar refractivity (Wildman–Crippen MR) is 99.6 cm³/mol. The summed E-state index contributed by atoms with van der Waals surface area (Å²) in [6.07, 6.45) is 2.55. The van der Waals surface area contributed by atoms with Crippen molar-refractivity contribution in [2.24, 2.45) is 0 Å². The molecule has 1 saturated heterocycles. The van der Waals surface area contributed by atoms with Crippen LogP contribution in [0.3, 0.4) is 0 Å². The standard InChI is InChI=1S/C17H24N6O2.ClH/c1-12-20-21-22-23(12)16(10-13-5-3-7-15(9-13)25-2)17(24)19-14-6-4-8-18-11-14;/h3,5,7,9,14,16,18H,4,6,8,10-11H2,1-2H3,(H,19,24);1H/t14-,16?;/m0./s1. The largest absolute Gasteiger partial charge is 0.497 e. The highest BCUT2D eigenvalue weighted by Crippen LogP contribution is 2.19. The molecule has 1 aliphatic rings. The summed E-state index contributed by atoms with van der Waals surface area (Å²) in [4.78, 5) is 12.9. The van der Waals surface area contributed by atoms with E-state index in [1.165, 1.54) is 0 Å². The first-order chi connectivity index (χ1) is 12.2. The highest BCUT2D eigenvalue weighted by atomic mass is 35.5. The Morgan fingerprint density at radius 3 is 3.00 bits per heavy atom. The molecule has 3 rings (SSSR count). The Balaban J connectivity index is 0.00000243. The van der Waals surface area contributed by atoms with Gasteiger partial charge < -0.3 is 15.4 Å². The second-order valence-electron chi connectivity index (χ2n) is 6.29. The van der Waals surface area contributed by atoms with Gasteiger partial charge in [0.2, 0.25) is 5.91 Å². The molecule has 1 unspecified atom stereocenters. The van der Waals surface area contributed by atoms with Crippen molar-refractivity contribution in [1.29, 1.82) is 0 Å². The van der Waals surface area contributed by atoms with Crippen LogP contribution in [0.15, 0.2) is 24.3 Å². The third kappa shape index (κ3) is 4.92. The Kier molecular flexibility index (Phi) is 7.35. The summed E-state index contributed by atoms with van der Waals surface area (Å²) in [5.74, 6) is 1.32. The fourth-order valence-corrected chi connectivity index (χ4v) is 3.11. The van der Waals surface area contributed by atoms with Crippen molar-refractivity contribution < 1.29 is 9.53 Å². The number of ether oxygens (including phenoxy) is 1. The van der Waals surface area contributed by atoms with Crippen LogP contribution >= 0.6 is 12.4 Å². The highest BCUT2D eigenvalue weighted by Gasteiger charge is 2.27. The molecule has 2 atom stereocenters. The number of carbonyl (C=O) groups is 1. The molecule has 2 N–H and O–H groups in total. The number of methoxy groups -OCH3 is 1. The van der Waals surface area contributed by atoms with Gasteiger partial charge in [0.1, 0.15) is 17.6 Å². The van der Waals surface area contributed by atoms with Gasteiger partial charge in [0, 0.05) is 19.0 Å². The monoisotopic (exact) mass is 380 g/mol. The molecule has 0 radical (unpaired) electrons. The zero-order chi connectivity index (χ0) is 17.6. The molecule has 0 saturated carbocycles. The molecule has 2 aromatic rings. The van der Waals surface area contributed by atoms with Crippen molar-refractivity contribution in [2.75, 3.05) is 20.2 Å². The van der Waals surface area contributed by atoms with E-state index in [1.807, 2.05) is 24.3 Å². The molecule has 1 aliphatic heterocycles. The molecule has 0 spiro atoms. The average molecular weight is 381 g/mol. The van der Waals surface area contributed by atoms with Crippen molar-refractivity contribution >= 4 is 18.3 Å². The summed E-state index contributed by atoms with van der Waals surface area (Å²) < 4.78 is 6.87. The van der Waals surface area contributed by atoms with Crippen LogP contribution in [0.5, 0.6) is 5.75 Å². The van der Waals surface area contributed by atoms with Crippen LogP contribution in [0.1, 0.15) is 30.3 Å². The van der Waals surface area contributed by atoms with E-state index in [-0.39, 0.29) is 24.4 Å². The lowest BCUT2D eigenvalue weighted by Crippen LogP contribution is -2.48. The van der Waals surface area contributed by atoms with Crippen molar-refractivity contribution in [3.8, 4) is 5.75 Å². The second kappa shape index (κ2) is 9.49. The van der Waals surface area contributed by atoms with Crippen LogP contribution in [0.4, 0.5) is 0 Å². The van der Waals surface area contributed by atoms with E-state index in [1.54, 1.807) is 18.7 Å². The van der Waals surface area contributed by atoms with Gasteiger partial charge >= 0.3 is 0 Å². The van der Waals surface area contributed by atoms with Gasteiger partial charge in [0.15, 0.2) is 0 Å². The third-order valence-electron chi connectivity index (χ3n) is 4.46. The van der Waals surface area contributed by atoms with Gasteiger partial charge in [0.05, 0.1) is 7.11 Å². The molecule has 142 valence electrons. The zero-order valence-electron chi connectivity index (χ0n) is 15.0. The number of aryl methyl sites for hydroxylation is 1. The number of piperidine rings is 1. The van der Waals surface area contributed by atoms with Gasteiger partial charge in [-0.1, -0.05) is 12.1 Å². The van der Waals surface area contributed by atoms with Gasteiger partial charge in [-0.3, -0.25) is 4.79 Å². The molecular formula is C17H25ClN6O2. The fourth-order valence-electron chi connectivity index (χ4n) is 3.11. The van der Waals surface area contributed by atoms with E-state index in [4.69, 9.17) is 4.74 Å². The van der Waals surface area contributed by atoms with E-state index >= 15 is 0 Å². The SMILES string of the molecule is COc1cccc(CC(C(=O)N[C@H]2CCCNC2)n2nnnc2C)c1.Cl. The minimum atomic E-state index is -0.496. The maximum atomic E-state index is 12.9. The molecule has 0 bridgehead atoms. The summed E-state index contributed by atoms with van der Waals surface area (Å²) in [6.45, 7) is 3.60. The molecule has 1 aromatic heterocycles. The van der Waals surface area contributed by atoms with Gasteiger partial charge in [0.25, 0.3) is 0 Å². The Labute approximate surface area is 159 Å². The van der Waals surface area contributed by atoms with Crippen LogP contribution in [-0.4, -0.2) is 52.4 Å². The number of aromatic nitrogens is 4. The summed E-state index contributed by atoms with van der Waals surface area (Å²) in [7, 11) is 1.63. The maximum Gasteiger partial charge on any atom is 0.245 e. The lowest BCUT2D eigenvalue weighted by atomic mass is 10.0. The predicted octanol–water partition coefficient (Wildman–Crippen LogP) is 1.06. The smallest absolute Gasteiger partial charge is 0.245 e. The fraction of sp³-hybridized carbons (Fsp3) is 0.529. The molecule has 26 heavy (non-hydrogen) atoms. The normalized spacial score (nSPS) is 17.8. The van der Waals surface area contributed by atoms with Crippen LogP contribution < -0.4 is 15.4 Å². The molecule has 1 fully saturated rings. The topological polar surface area (TPSA) is 94.0 Å². The minimum absolute atomic E-state index is 0. The maximum absolute atomic E-state index is 12.9. The number of nitrogens with zero attached hydrogens (tertiary/aromatic N) is 4. The Morgan fingerprint density at radius 2 is 2.35 bits per heavy atom. The number of amides is 1. The lowest BCUT2D eigenvalue weighted by molar-refractivity contribution is -0.125. The number of carbonyl (C=O) groups excluding carboxylic acids is 1. The van der Waals surface area contributed by atoms with Crippen LogP contribution in [0.25, 0.3) is 0 Å². The summed E-state index contributed by atoms with van der Waals surface area (Å²) >= 11 is 0. The van der Waals surface area contributed by atoms with E-state index < -0.39 is 6.04 Å². The number of rotatable bonds is 6. The first-order valence-corrected chi connectivity index (χ1v) is 8.56. The molecule has 0 aliphatic carbocycles. The molecule has 2 heterocycles. The van der Waals surface area contributed by atoms with Crippen molar-refractivity contribution in [3.63, 3.8) is 0 Å². The number of nitrogens with one attached hydrogen (secondary N) is 2. The third-order valence-corrected chi connectivity index (χ3v) is 4.46. The number of hydrogen-bond donors (Lipinski definition) is 2. The van der Waals surface area contributed by atoms with Gasteiger partial charge in [-0.15, -0.1) is 17.5 Å². The van der Waals surface area contributed by atoms with Crippen LogP contribution in [0, 0.1) is 6.92 Å². The summed E-state index contributed by atoms with van der Waals surface area (Å²) in [5, 5.41) is 18.1. The van der Waals surface area contributed by atoms with Gasteiger partial charge in [-0.25, -0.2) is 4.68 Å². The molecule has 1 amide bonds. The van der Waals surface area contributed by atoms with Crippen LogP contribution in [-0.2, 0) is 11.2 Å². The molecule has 9 heteroatoms. The molecular weight excluding hydrogens is 356 g/mol. The van der Waals surface area contributed by atoms with Crippen molar-refractivity contribution in [3.05, 3.63) is 35.7 Å². The number of benzene rings is 1. The minimum Gasteiger partial charge on any atom is -0.497 e. The molecule has 8 nitrogen and oxygen atoms in total. The first kappa shape index (κ1) is 20.1. The number of hydrogen-bond acceptors (Lipinski definition) is 6. The summed E-state index contributed by atoms with van der Waals surface area (Å²) in [6, 6.07) is 7.36. The lowest BCUT2D eigenvalue weighted by Gasteiger charge is -2.26. The van der Waals surface area contributed by atoms with Crippen molar-refractivity contribution in [2.45, 2.75) is 38.3 Å².